The molecule has 1 saturated heterocycles. The third-order valence-electron chi connectivity index (χ3n) is 8.44. The lowest BCUT2D eigenvalue weighted by atomic mass is 10.0. The summed E-state index contributed by atoms with van der Waals surface area (Å²) in [7, 11) is 0. The van der Waals surface area contributed by atoms with Crippen LogP contribution in [-0.4, -0.2) is 71.6 Å². The van der Waals surface area contributed by atoms with Crippen LogP contribution >= 0.6 is 0 Å². The van der Waals surface area contributed by atoms with Gasteiger partial charge in [0.1, 0.15) is 11.5 Å². The summed E-state index contributed by atoms with van der Waals surface area (Å²) < 4.78 is 10.2. The van der Waals surface area contributed by atoms with Crippen molar-refractivity contribution in [1.29, 1.82) is 0 Å². The van der Waals surface area contributed by atoms with E-state index >= 15 is 0 Å². The van der Waals surface area contributed by atoms with E-state index in [2.05, 4.69) is 48.5 Å². The monoisotopic (exact) mass is 622 g/mol. The Hall–Kier alpha value is -4.66. The number of rotatable bonds is 14. The van der Waals surface area contributed by atoms with Crippen LogP contribution in [-0.2, 0) is 22.4 Å². The van der Waals surface area contributed by atoms with Crippen LogP contribution in [0.4, 0.5) is 0 Å². The van der Waals surface area contributed by atoms with Crippen molar-refractivity contribution in [2.75, 3.05) is 39.8 Å². The summed E-state index contributed by atoms with van der Waals surface area (Å²) in [5.41, 5.74) is 6.75. The van der Waals surface area contributed by atoms with Gasteiger partial charge in [-0.15, -0.1) is 0 Å². The first-order valence-corrected chi connectivity index (χ1v) is 15.9. The van der Waals surface area contributed by atoms with Crippen molar-refractivity contribution in [3.63, 3.8) is 0 Å². The molecule has 0 radical (unpaired) electrons. The van der Waals surface area contributed by atoms with Crippen LogP contribution in [0.2, 0.25) is 0 Å². The Bertz CT molecular complexity index is 1410. The minimum Gasteiger partial charge on any atom is -0.468 e. The summed E-state index contributed by atoms with van der Waals surface area (Å²) in [5, 5.41) is 17.8. The first kappa shape index (κ1) is 32.7. The van der Waals surface area contributed by atoms with Gasteiger partial charge in [-0.25, -0.2) is 0 Å². The minimum atomic E-state index is -0.340. The largest absolute Gasteiger partial charge is 0.468 e. The van der Waals surface area contributed by atoms with Gasteiger partial charge in [0.05, 0.1) is 0 Å². The van der Waals surface area contributed by atoms with Crippen molar-refractivity contribution in [3.05, 3.63) is 108 Å². The van der Waals surface area contributed by atoms with Crippen LogP contribution in [0, 0.1) is 0 Å². The highest BCUT2D eigenvalue weighted by Crippen LogP contribution is 2.25. The number of amides is 2. The molecule has 240 valence electrons. The summed E-state index contributed by atoms with van der Waals surface area (Å²) in [6.45, 7) is 1.69. The van der Waals surface area contributed by atoms with Crippen molar-refractivity contribution in [3.8, 4) is 33.8 Å². The smallest absolute Gasteiger partial charge is 0.222 e. The Labute approximate surface area is 270 Å². The van der Waals surface area contributed by atoms with Gasteiger partial charge < -0.3 is 29.5 Å². The Morgan fingerprint density at radius 1 is 0.500 bits per heavy atom. The Balaban J connectivity index is 0.971. The molecule has 0 bridgehead atoms. The first-order valence-electron chi connectivity index (χ1n) is 15.9. The number of hydrogen-bond acceptors (Lipinski definition) is 6. The van der Waals surface area contributed by atoms with E-state index in [1.807, 2.05) is 58.3 Å². The van der Waals surface area contributed by atoms with Gasteiger partial charge in [0.15, 0.2) is 13.6 Å². The highest BCUT2D eigenvalue weighted by atomic mass is 16.6. The SMILES string of the molecule is O=C(CCCc1ccc(-c2ccc(OCO)cc2)cc1)N1CCN(C(=O)CCCc2ccc(-c3ccc(OCO)cc3)cc2)CC1. The maximum absolute atomic E-state index is 12.8. The zero-order chi connectivity index (χ0) is 32.1. The topological polar surface area (TPSA) is 99.5 Å². The number of hydrogen-bond donors (Lipinski definition) is 2. The van der Waals surface area contributed by atoms with Gasteiger partial charge in [0.25, 0.3) is 0 Å². The number of aryl methyl sites for hydroxylation is 2. The lowest BCUT2D eigenvalue weighted by Gasteiger charge is -2.35. The second kappa shape index (κ2) is 16.6. The van der Waals surface area contributed by atoms with E-state index in [4.69, 9.17) is 19.7 Å². The number of benzene rings is 4. The van der Waals surface area contributed by atoms with Gasteiger partial charge in [-0.1, -0.05) is 72.8 Å². The van der Waals surface area contributed by atoms with Crippen LogP contribution in [0.1, 0.15) is 36.8 Å². The van der Waals surface area contributed by atoms with Gasteiger partial charge in [-0.3, -0.25) is 9.59 Å². The average molecular weight is 623 g/mol. The Morgan fingerprint density at radius 3 is 1.11 bits per heavy atom. The van der Waals surface area contributed by atoms with Crippen molar-refractivity contribution in [2.24, 2.45) is 0 Å². The zero-order valence-corrected chi connectivity index (χ0v) is 26.1. The average Bonchev–Trinajstić information content (AvgIpc) is 3.10. The molecule has 0 spiro atoms. The van der Waals surface area contributed by atoms with Gasteiger partial charge in [-0.05, 0) is 83.3 Å². The summed E-state index contributed by atoms with van der Waals surface area (Å²) in [4.78, 5) is 29.5. The van der Waals surface area contributed by atoms with Gasteiger partial charge >= 0.3 is 0 Å². The number of aliphatic hydroxyl groups is 2. The van der Waals surface area contributed by atoms with Crippen LogP contribution in [0.5, 0.6) is 11.5 Å². The predicted molar refractivity (Wildman–Crippen MR) is 178 cm³/mol. The van der Waals surface area contributed by atoms with Crippen molar-refractivity contribution in [1.82, 2.24) is 9.80 Å². The highest BCUT2D eigenvalue weighted by Gasteiger charge is 2.23. The molecule has 8 nitrogen and oxygen atoms in total. The van der Waals surface area contributed by atoms with E-state index in [1.165, 1.54) is 11.1 Å². The lowest BCUT2D eigenvalue weighted by molar-refractivity contribution is -0.139. The van der Waals surface area contributed by atoms with E-state index in [0.29, 0.717) is 50.5 Å². The normalized spacial score (nSPS) is 13.0. The van der Waals surface area contributed by atoms with Crippen molar-refractivity contribution < 1.29 is 29.3 Å². The van der Waals surface area contributed by atoms with E-state index < -0.39 is 0 Å². The summed E-state index contributed by atoms with van der Waals surface area (Å²) in [5.74, 6) is 1.58. The molecule has 1 fully saturated rings. The van der Waals surface area contributed by atoms with Crippen LogP contribution < -0.4 is 9.47 Å². The highest BCUT2D eigenvalue weighted by molar-refractivity contribution is 5.78. The van der Waals surface area contributed by atoms with Gasteiger partial charge in [-0.2, -0.15) is 0 Å². The molecule has 2 N–H and O–H groups in total. The maximum atomic E-state index is 12.8. The summed E-state index contributed by atoms with van der Waals surface area (Å²) in [6.07, 6.45) is 4.26. The molecular formula is C38H42N2O6. The molecule has 1 aliphatic rings. The van der Waals surface area contributed by atoms with E-state index in [-0.39, 0.29) is 25.4 Å². The third-order valence-corrected chi connectivity index (χ3v) is 8.44. The van der Waals surface area contributed by atoms with E-state index in [9.17, 15) is 9.59 Å². The molecular weight excluding hydrogens is 580 g/mol. The number of carbonyl (C=O) groups is 2. The fourth-order valence-corrected chi connectivity index (χ4v) is 5.77. The molecule has 8 heteroatoms. The molecule has 0 aromatic heterocycles. The van der Waals surface area contributed by atoms with Gasteiger partial charge in [0, 0.05) is 39.0 Å². The molecule has 0 unspecified atom stereocenters. The predicted octanol–water partition coefficient (Wildman–Crippen LogP) is 5.69. The van der Waals surface area contributed by atoms with Gasteiger partial charge in [0.2, 0.25) is 11.8 Å². The molecule has 0 saturated carbocycles. The van der Waals surface area contributed by atoms with Crippen LogP contribution in [0.15, 0.2) is 97.1 Å². The number of carbonyl (C=O) groups excluding carboxylic acids is 2. The molecule has 0 aliphatic carbocycles. The molecule has 5 rings (SSSR count). The van der Waals surface area contributed by atoms with Crippen molar-refractivity contribution >= 4 is 11.8 Å². The minimum absolute atomic E-state index is 0.159. The molecule has 46 heavy (non-hydrogen) atoms. The molecule has 4 aromatic rings. The summed E-state index contributed by atoms with van der Waals surface area (Å²) >= 11 is 0. The molecule has 4 aromatic carbocycles. The fourth-order valence-electron chi connectivity index (χ4n) is 5.77. The number of nitrogens with zero attached hydrogens (tertiary/aromatic N) is 2. The molecule has 1 aliphatic heterocycles. The second-order valence-corrected chi connectivity index (χ2v) is 11.5. The van der Waals surface area contributed by atoms with Crippen molar-refractivity contribution in [2.45, 2.75) is 38.5 Å². The maximum Gasteiger partial charge on any atom is 0.222 e. The zero-order valence-electron chi connectivity index (χ0n) is 26.1. The Kier molecular flexibility index (Phi) is 11.8. The van der Waals surface area contributed by atoms with Crippen LogP contribution in [0.25, 0.3) is 22.3 Å². The van der Waals surface area contributed by atoms with E-state index in [1.54, 1.807) is 0 Å². The number of aliphatic hydroxyl groups excluding tert-OH is 2. The lowest BCUT2D eigenvalue weighted by Crippen LogP contribution is -2.50. The second-order valence-electron chi connectivity index (χ2n) is 11.5. The molecule has 0 atom stereocenters. The van der Waals surface area contributed by atoms with Crippen LogP contribution in [0.3, 0.4) is 0 Å². The first-order chi connectivity index (χ1) is 22.5. The summed E-state index contributed by atoms with van der Waals surface area (Å²) in [6, 6.07) is 32.0. The standard InChI is InChI=1S/C38H42N2O6/c41-27-45-35-19-15-33(16-20-35)31-11-7-29(8-12-31)3-1-5-37(43)39-23-25-40(26-24-39)38(44)6-2-4-30-9-13-32(14-10-30)34-17-21-36(22-18-34)46-28-42/h7-22,41-42H,1-6,23-28H2. The Morgan fingerprint density at radius 2 is 0.804 bits per heavy atom. The fraction of sp³-hybridized carbons (Fsp3) is 0.316. The molecule has 2 amide bonds. The van der Waals surface area contributed by atoms with E-state index in [0.717, 1.165) is 47.9 Å². The third kappa shape index (κ3) is 9.19. The number of ether oxygens (including phenoxy) is 2. The quantitative estimate of drug-likeness (QED) is 0.175. The molecule has 1 heterocycles. The number of piperazine rings is 1.